The van der Waals surface area contributed by atoms with E-state index in [1.165, 1.54) is 11.1 Å². The largest absolute Gasteiger partial charge is 0.492 e. The fourth-order valence-corrected chi connectivity index (χ4v) is 3.78. The Labute approximate surface area is 169 Å². The van der Waals surface area contributed by atoms with E-state index in [-0.39, 0.29) is 5.25 Å². The number of para-hydroxylation sites is 1. The summed E-state index contributed by atoms with van der Waals surface area (Å²) in [5.41, 5.74) is 2.58. The van der Waals surface area contributed by atoms with E-state index in [9.17, 15) is 0 Å². The van der Waals surface area contributed by atoms with E-state index in [0.29, 0.717) is 6.61 Å². The zero-order valence-corrected chi connectivity index (χ0v) is 16.9. The monoisotopic (exact) mass is 382 g/mol. The molecule has 1 fully saturated rings. The van der Waals surface area contributed by atoms with Gasteiger partial charge in [0.25, 0.3) is 0 Å². The quantitative estimate of drug-likeness (QED) is 0.523. The SMILES string of the molecule is C=CCc1ccccc1OC[C@H](S)CN1CCN(Cc2ccccc2)CC1. The molecule has 2 aromatic rings. The average Bonchev–Trinajstić information content (AvgIpc) is 2.70. The summed E-state index contributed by atoms with van der Waals surface area (Å²) < 4.78 is 6.03. The molecule has 1 aliphatic rings. The molecule has 1 heterocycles. The first-order valence-electron chi connectivity index (χ1n) is 9.73. The first kappa shape index (κ1) is 20.0. The van der Waals surface area contributed by atoms with E-state index < -0.39 is 0 Å². The van der Waals surface area contributed by atoms with Crippen LogP contribution in [0.15, 0.2) is 67.3 Å². The molecule has 0 bridgehead atoms. The molecule has 2 aromatic carbocycles. The van der Waals surface area contributed by atoms with Gasteiger partial charge in [-0.1, -0.05) is 54.6 Å². The van der Waals surface area contributed by atoms with Crippen molar-refractivity contribution in [3.63, 3.8) is 0 Å². The maximum absolute atomic E-state index is 6.03. The maximum Gasteiger partial charge on any atom is 0.122 e. The second-order valence-corrected chi connectivity index (χ2v) is 7.86. The van der Waals surface area contributed by atoms with Gasteiger partial charge in [0.2, 0.25) is 0 Å². The number of nitrogens with zero attached hydrogens (tertiary/aromatic N) is 2. The van der Waals surface area contributed by atoms with Crippen molar-refractivity contribution in [2.75, 3.05) is 39.3 Å². The highest BCUT2D eigenvalue weighted by atomic mass is 32.1. The minimum Gasteiger partial charge on any atom is -0.492 e. The van der Waals surface area contributed by atoms with Crippen LogP contribution in [0.5, 0.6) is 5.75 Å². The summed E-state index contributed by atoms with van der Waals surface area (Å²) in [6.07, 6.45) is 2.74. The lowest BCUT2D eigenvalue weighted by Crippen LogP contribution is -2.48. The van der Waals surface area contributed by atoms with E-state index in [0.717, 1.165) is 51.4 Å². The summed E-state index contributed by atoms with van der Waals surface area (Å²) in [5.74, 6) is 0.948. The van der Waals surface area contributed by atoms with Crippen molar-refractivity contribution in [3.05, 3.63) is 78.4 Å². The molecule has 0 aromatic heterocycles. The first-order chi connectivity index (χ1) is 13.2. The Hall–Kier alpha value is -1.75. The molecule has 1 aliphatic heterocycles. The normalized spacial score (nSPS) is 16.8. The van der Waals surface area contributed by atoms with Gasteiger partial charge in [-0.3, -0.25) is 9.80 Å². The summed E-state index contributed by atoms with van der Waals surface area (Å²) in [7, 11) is 0. The van der Waals surface area contributed by atoms with Gasteiger partial charge >= 0.3 is 0 Å². The molecule has 0 unspecified atom stereocenters. The van der Waals surface area contributed by atoms with E-state index >= 15 is 0 Å². The van der Waals surface area contributed by atoms with E-state index in [1.807, 2.05) is 24.3 Å². The molecule has 3 rings (SSSR count). The Morgan fingerprint density at radius 2 is 1.63 bits per heavy atom. The van der Waals surface area contributed by atoms with Gasteiger partial charge in [0.15, 0.2) is 0 Å². The smallest absolute Gasteiger partial charge is 0.122 e. The van der Waals surface area contributed by atoms with E-state index in [1.54, 1.807) is 0 Å². The Morgan fingerprint density at radius 1 is 0.963 bits per heavy atom. The minimum absolute atomic E-state index is 0.211. The molecule has 144 valence electrons. The van der Waals surface area contributed by atoms with Gasteiger partial charge in [-0.15, -0.1) is 6.58 Å². The van der Waals surface area contributed by atoms with Crippen LogP contribution >= 0.6 is 12.6 Å². The molecule has 0 saturated carbocycles. The first-order valence-corrected chi connectivity index (χ1v) is 10.2. The van der Waals surface area contributed by atoms with Gasteiger partial charge in [-0.25, -0.2) is 0 Å². The third kappa shape index (κ3) is 6.42. The number of hydrogen-bond donors (Lipinski definition) is 1. The van der Waals surface area contributed by atoms with E-state index in [2.05, 4.69) is 52.8 Å². The third-order valence-corrected chi connectivity index (χ3v) is 5.26. The van der Waals surface area contributed by atoms with Crippen LogP contribution in [-0.4, -0.2) is 54.4 Å². The third-order valence-electron chi connectivity index (χ3n) is 4.95. The molecule has 0 aliphatic carbocycles. The van der Waals surface area contributed by atoms with Crippen LogP contribution in [0.3, 0.4) is 0 Å². The Morgan fingerprint density at radius 3 is 2.37 bits per heavy atom. The fourth-order valence-electron chi connectivity index (χ4n) is 3.48. The highest BCUT2D eigenvalue weighted by Gasteiger charge is 2.19. The highest BCUT2D eigenvalue weighted by molar-refractivity contribution is 7.81. The molecule has 0 radical (unpaired) electrons. The summed E-state index contributed by atoms with van der Waals surface area (Å²) in [5, 5.41) is 0.211. The van der Waals surface area contributed by atoms with Crippen LogP contribution in [0.4, 0.5) is 0 Å². The Bertz CT molecular complexity index is 699. The Balaban J connectivity index is 1.39. The molecular weight excluding hydrogens is 352 g/mol. The summed E-state index contributed by atoms with van der Waals surface area (Å²) >= 11 is 4.76. The zero-order valence-electron chi connectivity index (χ0n) is 16.0. The van der Waals surface area contributed by atoms with Crippen molar-refractivity contribution in [1.82, 2.24) is 9.80 Å². The van der Waals surface area contributed by atoms with Gasteiger partial charge in [0, 0.05) is 44.5 Å². The van der Waals surface area contributed by atoms with Crippen LogP contribution in [0.2, 0.25) is 0 Å². The van der Waals surface area contributed by atoms with Crippen LogP contribution < -0.4 is 4.74 Å². The number of hydrogen-bond acceptors (Lipinski definition) is 4. The highest BCUT2D eigenvalue weighted by Crippen LogP contribution is 2.19. The zero-order chi connectivity index (χ0) is 18.9. The predicted octanol–water partition coefficient (Wildman–Crippen LogP) is 3.91. The lowest BCUT2D eigenvalue weighted by atomic mass is 10.1. The van der Waals surface area contributed by atoms with Crippen LogP contribution in [0.25, 0.3) is 0 Å². The number of rotatable bonds is 9. The maximum atomic E-state index is 6.03. The van der Waals surface area contributed by atoms with Gasteiger partial charge in [-0.05, 0) is 23.6 Å². The molecule has 1 atom stereocenters. The average molecular weight is 383 g/mol. The molecule has 3 nitrogen and oxygen atoms in total. The van der Waals surface area contributed by atoms with E-state index in [4.69, 9.17) is 17.4 Å². The van der Waals surface area contributed by atoms with Crippen molar-refractivity contribution < 1.29 is 4.74 Å². The summed E-state index contributed by atoms with van der Waals surface area (Å²) in [6.45, 7) is 10.9. The van der Waals surface area contributed by atoms with Crippen molar-refractivity contribution in [2.45, 2.75) is 18.2 Å². The van der Waals surface area contributed by atoms with Gasteiger partial charge in [-0.2, -0.15) is 12.6 Å². The number of allylic oxidation sites excluding steroid dienone is 1. The van der Waals surface area contributed by atoms with Gasteiger partial charge < -0.3 is 4.74 Å². The fraction of sp³-hybridized carbons (Fsp3) is 0.391. The summed E-state index contributed by atoms with van der Waals surface area (Å²) in [4.78, 5) is 5.03. The number of piperazine rings is 1. The summed E-state index contributed by atoms with van der Waals surface area (Å²) in [6, 6.07) is 18.9. The number of ether oxygens (including phenoxy) is 1. The standard InChI is InChI=1S/C23H30N2OS/c1-2-8-21-11-6-7-12-23(21)26-19-22(27)18-25-15-13-24(14-16-25)17-20-9-4-3-5-10-20/h2-7,9-12,22,27H,1,8,13-19H2/t22-/m1/s1. The molecular formula is C23H30N2OS. The van der Waals surface area contributed by atoms with Crippen LogP contribution in [0, 0.1) is 0 Å². The number of benzene rings is 2. The van der Waals surface area contributed by atoms with Gasteiger partial charge in [0.1, 0.15) is 12.4 Å². The molecule has 0 spiro atoms. The molecule has 0 amide bonds. The Kier molecular flexibility index (Phi) is 7.81. The molecule has 0 N–H and O–H groups in total. The van der Waals surface area contributed by atoms with Gasteiger partial charge in [0.05, 0.1) is 0 Å². The number of thiol groups is 1. The second-order valence-electron chi connectivity index (χ2n) is 7.13. The van der Waals surface area contributed by atoms with Crippen LogP contribution in [-0.2, 0) is 13.0 Å². The van der Waals surface area contributed by atoms with Crippen molar-refractivity contribution >= 4 is 12.6 Å². The predicted molar refractivity (Wildman–Crippen MR) is 117 cm³/mol. The van der Waals surface area contributed by atoms with Crippen LogP contribution in [0.1, 0.15) is 11.1 Å². The topological polar surface area (TPSA) is 15.7 Å². The van der Waals surface area contributed by atoms with Crippen molar-refractivity contribution in [1.29, 1.82) is 0 Å². The lowest BCUT2D eigenvalue weighted by Gasteiger charge is -2.35. The van der Waals surface area contributed by atoms with Crippen molar-refractivity contribution in [2.24, 2.45) is 0 Å². The second kappa shape index (κ2) is 10.5. The van der Waals surface area contributed by atoms with Crippen molar-refractivity contribution in [3.8, 4) is 5.75 Å². The minimum atomic E-state index is 0.211. The molecule has 4 heteroatoms. The molecule has 27 heavy (non-hydrogen) atoms. The lowest BCUT2D eigenvalue weighted by molar-refractivity contribution is 0.123. The molecule has 1 saturated heterocycles.